The van der Waals surface area contributed by atoms with Crippen LogP contribution in [0.2, 0.25) is 0 Å². The topological polar surface area (TPSA) is 226 Å². The number of rotatable bonds is 8. The number of benzene rings is 2. The predicted molar refractivity (Wildman–Crippen MR) is 99.3 cm³/mol. The number of carbonyl (C=O) groups is 2. The maximum Gasteiger partial charge on any atom is 0.338 e. The number of ether oxygens (including phenoxy) is 2. The molecule has 0 bridgehead atoms. The van der Waals surface area contributed by atoms with Crippen LogP contribution in [0.4, 0.5) is 0 Å². The minimum absolute atomic E-state index is 0.369. The third-order valence-electron chi connectivity index (χ3n) is 3.71. The van der Waals surface area contributed by atoms with Gasteiger partial charge in [-0.05, 0) is 24.3 Å². The number of esters is 2. The number of hydrogen-bond donors (Lipinski definition) is 7. The molecule has 2 rings (SSSR count). The van der Waals surface area contributed by atoms with Gasteiger partial charge in [-0.25, -0.2) is 14.3 Å². The van der Waals surface area contributed by atoms with Crippen LogP contribution in [0, 0.1) is 0 Å². The number of hydrogen-bond acceptors (Lipinski definition) is 12. The van der Waals surface area contributed by atoms with Gasteiger partial charge < -0.3 is 44.7 Å². The van der Waals surface area contributed by atoms with Crippen LogP contribution in [0.1, 0.15) is 20.7 Å². The van der Waals surface area contributed by atoms with E-state index in [0.717, 1.165) is 24.3 Å². The molecule has 2 atom stereocenters. The zero-order chi connectivity index (χ0) is 23.3. The molecule has 13 nitrogen and oxygen atoms in total. The van der Waals surface area contributed by atoms with E-state index in [0.29, 0.717) is 0 Å². The van der Waals surface area contributed by atoms with Crippen LogP contribution < -0.4 is 4.72 Å². The Balaban J connectivity index is 2.12. The average Bonchev–Trinajstić information content (AvgIpc) is 2.70. The molecule has 0 aliphatic rings. The first-order valence-electron chi connectivity index (χ1n) is 8.20. The highest BCUT2D eigenvalue weighted by molar-refractivity contribution is 7.77. The maximum atomic E-state index is 12.2. The Morgan fingerprint density at radius 1 is 0.871 bits per heavy atom. The molecule has 0 fully saturated rings. The Kier molecular flexibility index (Phi) is 7.47. The summed E-state index contributed by atoms with van der Waals surface area (Å²) in [6, 6.07) is 3.15. The van der Waals surface area contributed by atoms with E-state index in [4.69, 9.17) is 9.47 Å². The van der Waals surface area contributed by atoms with Crippen molar-refractivity contribution in [3.05, 3.63) is 35.4 Å². The summed E-state index contributed by atoms with van der Waals surface area (Å²) < 4.78 is 33.2. The highest BCUT2D eigenvalue weighted by atomic mass is 32.2. The van der Waals surface area contributed by atoms with Gasteiger partial charge in [0.2, 0.25) is 0 Å². The third-order valence-corrected chi connectivity index (χ3v) is 4.12. The Morgan fingerprint density at radius 3 is 1.71 bits per heavy atom. The normalized spacial score (nSPS) is 12.7. The van der Waals surface area contributed by atoms with Gasteiger partial charge in [0, 0.05) is 17.8 Å². The average molecular weight is 458 g/mol. The lowest BCUT2D eigenvalue weighted by atomic mass is 10.2. The van der Waals surface area contributed by atoms with Gasteiger partial charge in [0.15, 0.2) is 34.5 Å². The molecule has 7 N–H and O–H groups in total. The first-order valence-corrected chi connectivity index (χ1v) is 9.27. The zero-order valence-corrected chi connectivity index (χ0v) is 16.2. The van der Waals surface area contributed by atoms with Crippen molar-refractivity contribution in [3.63, 3.8) is 0 Å². The second-order valence-corrected chi connectivity index (χ2v) is 6.69. The van der Waals surface area contributed by atoms with Crippen molar-refractivity contribution in [2.45, 2.75) is 6.10 Å². The highest BCUT2D eigenvalue weighted by Gasteiger charge is 2.22. The molecule has 2 aromatic rings. The predicted octanol–water partition coefficient (Wildman–Crippen LogP) is -0.314. The van der Waals surface area contributed by atoms with Gasteiger partial charge in [-0.1, -0.05) is 0 Å². The van der Waals surface area contributed by atoms with Gasteiger partial charge in [-0.3, -0.25) is 4.21 Å². The van der Waals surface area contributed by atoms with Crippen LogP contribution in [0.3, 0.4) is 0 Å². The minimum atomic E-state index is -2.75. The molecule has 0 radical (unpaired) electrons. The number of phenols is 6. The molecule has 2 aromatic carbocycles. The van der Waals surface area contributed by atoms with Gasteiger partial charge in [-0.15, -0.1) is 0 Å². The van der Waals surface area contributed by atoms with Gasteiger partial charge in [0.25, 0.3) is 0 Å². The van der Waals surface area contributed by atoms with Gasteiger partial charge >= 0.3 is 11.9 Å². The number of nitrogens with one attached hydrogen (secondary N) is 1. The fourth-order valence-corrected chi connectivity index (χ4v) is 2.53. The number of aromatic hydroxyl groups is 6. The quantitative estimate of drug-likeness (QED) is 0.153. The fourth-order valence-electron chi connectivity index (χ4n) is 2.21. The van der Waals surface area contributed by atoms with Gasteiger partial charge in [0.05, 0.1) is 11.1 Å². The lowest BCUT2D eigenvalue weighted by Crippen LogP contribution is -2.36. The molecule has 2 unspecified atom stereocenters. The van der Waals surface area contributed by atoms with E-state index in [-0.39, 0.29) is 5.56 Å². The molecule has 0 saturated carbocycles. The van der Waals surface area contributed by atoms with Crippen LogP contribution in [0.5, 0.6) is 34.5 Å². The van der Waals surface area contributed by atoms with E-state index in [1.54, 1.807) is 0 Å². The van der Waals surface area contributed by atoms with E-state index in [2.05, 4.69) is 0 Å². The number of phenolic OH excluding ortho intramolecular Hbond substituents is 6. The molecular formula is C17H16NO12S-. The molecular weight excluding hydrogens is 442 g/mol. The van der Waals surface area contributed by atoms with Crippen LogP contribution in [-0.2, 0) is 20.7 Å². The van der Waals surface area contributed by atoms with Gasteiger partial charge in [-0.2, -0.15) is 0 Å². The van der Waals surface area contributed by atoms with Crippen LogP contribution in [0.25, 0.3) is 0 Å². The van der Waals surface area contributed by atoms with Crippen molar-refractivity contribution in [1.29, 1.82) is 0 Å². The van der Waals surface area contributed by atoms with Crippen molar-refractivity contribution < 1.29 is 58.5 Å². The van der Waals surface area contributed by atoms with Crippen molar-refractivity contribution in [2.75, 3.05) is 13.2 Å². The summed E-state index contributed by atoms with van der Waals surface area (Å²) >= 11 is -2.75. The Hall–Kier alpha value is -3.75. The largest absolute Gasteiger partial charge is 0.760 e. The maximum absolute atomic E-state index is 12.2. The molecule has 0 heterocycles. The van der Waals surface area contributed by atoms with Gasteiger partial charge in [0.1, 0.15) is 12.7 Å². The van der Waals surface area contributed by atoms with Crippen molar-refractivity contribution >= 4 is 23.2 Å². The first kappa shape index (κ1) is 23.5. The molecule has 0 spiro atoms. The van der Waals surface area contributed by atoms with Crippen molar-refractivity contribution in [3.8, 4) is 34.5 Å². The molecule has 0 aliphatic heterocycles. The number of carbonyl (C=O) groups excluding carboxylic acids is 2. The Bertz CT molecular complexity index is 978. The van der Waals surface area contributed by atoms with E-state index < -0.39 is 82.5 Å². The van der Waals surface area contributed by atoms with E-state index in [1.807, 2.05) is 4.72 Å². The summed E-state index contributed by atoms with van der Waals surface area (Å²) in [5, 5.41) is 56.4. The third kappa shape index (κ3) is 6.11. The Morgan fingerprint density at radius 2 is 1.29 bits per heavy atom. The molecule has 14 heteroatoms. The summed E-state index contributed by atoms with van der Waals surface area (Å²) in [5.41, 5.74) is -0.771. The van der Waals surface area contributed by atoms with E-state index in [9.17, 15) is 49.0 Å². The zero-order valence-electron chi connectivity index (χ0n) is 15.3. The summed E-state index contributed by atoms with van der Waals surface area (Å²) in [4.78, 5) is 24.3. The second-order valence-electron chi connectivity index (χ2n) is 5.94. The molecule has 0 aliphatic carbocycles. The molecule has 0 aromatic heterocycles. The summed E-state index contributed by atoms with van der Waals surface area (Å²) in [7, 11) is 0. The summed E-state index contributed by atoms with van der Waals surface area (Å²) in [6.45, 7) is -1.22. The highest BCUT2D eigenvalue weighted by Crippen LogP contribution is 2.36. The minimum Gasteiger partial charge on any atom is -0.760 e. The van der Waals surface area contributed by atoms with Crippen LogP contribution in [-0.4, -0.2) is 70.6 Å². The molecule has 0 amide bonds. The first-order chi connectivity index (χ1) is 14.5. The van der Waals surface area contributed by atoms with E-state index in [1.165, 1.54) is 0 Å². The lowest BCUT2D eigenvalue weighted by molar-refractivity contribution is 0.000981. The standard InChI is InChI=1S/C17H17NO12S/c19-10-1-7(2-11(20)14(10)23)16(25)29-6-9(5-18-31(27)28)30-17(26)8-3-12(21)15(24)13(22)4-8/h1-4,9,18-24H,5-6H2,(H,27,28)/p-1. The Labute approximate surface area is 176 Å². The monoisotopic (exact) mass is 458 g/mol. The fraction of sp³-hybridized carbons (Fsp3) is 0.176. The van der Waals surface area contributed by atoms with Crippen molar-refractivity contribution in [2.24, 2.45) is 0 Å². The summed E-state index contributed by atoms with van der Waals surface area (Å²) in [5.74, 6) is -7.24. The summed E-state index contributed by atoms with van der Waals surface area (Å²) in [6.07, 6.45) is -1.38. The molecule has 31 heavy (non-hydrogen) atoms. The lowest BCUT2D eigenvalue weighted by Gasteiger charge is -2.19. The molecule has 0 saturated heterocycles. The van der Waals surface area contributed by atoms with Crippen LogP contribution in [0.15, 0.2) is 24.3 Å². The second kappa shape index (κ2) is 9.84. The van der Waals surface area contributed by atoms with Crippen LogP contribution >= 0.6 is 0 Å². The smallest absolute Gasteiger partial charge is 0.338 e. The van der Waals surface area contributed by atoms with E-state index >= 15 is 0 Å². The SMILES string of the molecule is O=C(OCC(CNS(=O)[O-])OC(=O)c1cc(O)c(O)c(O)c1)c1cc(O)c(O)c(O)c1. The molecule has 168 valence electrons. The van der Waals surface area contributed by atoms with Crippen molar-refractivity contribution in [1.82, 2.24) is 4.72 Å².